The molecule has 0 fully saturated rings. The first-order chi connectivity index (χ1) is 12.3. The van der Waals surface area contributed by atoms with Crippen LogP contribution in [0.1, 0.15) is 0 Å². The van der Waals surface area contributed by atoms with E-state index in [-0.39, 0.29) is 24.1 Å². The van der Waals surface area contributed by atoms with Crippen molar-refractivity contribution >= 4 is 40.5 Å². The van der Waals surface area contributed by atoms with Crippen molar-refractivity contribution in [1.82, 2.24) is 0 Å². The summed E-state index contributed by atoms with van der Waals surface area (Å²) in [5.74, 6) is -0.176. The van der Waals surface area contributed by atoms with Crippen LogP contribution in [0.15, 0.2) is 71.7 Å². The maximum atomic E-state index is 12.4. The molecule has 0 radical (unpaired) electrons. The second-order valence-electron chi connectivity index (χ2n) is 5.57. The first-order valence-electron chi connectivity index (χ1n) is 7.75. The molecule has 0 bridgehead atoms. The highest BCUT2D eigenvalue weighted by Gasteiger charge is 2.31. The molecule has 0 atom stereocenters. The molecule has 2 N–H and O–H groups in total. The van der Waals surface area contributed by atoms with Crippen molar-refractivity contribution < 1.29 is 17.9 Å². The summed E-state index contributed by atoms with van der Waals surface area (Å²) in [6.45, 7) is 0. The molecule has 0 saturated heterocycles. The minimum Gasteiger partial charge on any atom is -0.406 e. The number of benzene rings is 3. The van der Waals surface area contributed by atoms with Gasteiger partial charge in [0.25, 0.3) is 0 Å². The molecule has 3 aromatic carbocycles. The van der Waals surface area contributed by atoms with Gasteiger partial charge in [0.2, 0.25) is 5.96 Å². The van der Waals surface area contributed by atoms with Gasteiger partial charge in [0.05, 0.1) is 5.69 Å². The zero-order valence-electron chi connectivity index (χ0n) is 14.3. The summed E-state index contributed by atoms with van der Waals surface area (Å²) in [7, 11) is 1.62. The van der Waals surface area contributed by atoms with Crippen LogP contribution in [0.4, 0.5) is 24.5 Å². The van der Waals surface area contributed by atoms with Gasteiger partial charge in [0.15, 0.2) is 0 Å². The highest BCUT2D eigenvalue weighted by molar-refractivity contribution is 6.00. The number of halogens is 4. The van der Waals surface area contributed by atoms with Crippen molar-refractivity contribution in [1.29, 1.82) is 0 Å². The van der Waals surface area contributed by atoms with Gasteiger partial charge in [-0.1, -0.05) is 42.5 Å². The van der Waals surface area contributed by atoms with Crippen molar-refractivity contribution in [3.63, 3.8) is 0 Å². The molecule has 3 rings (SSSR count). The summed E-state index contributed by atoms with van der Waals surface area (Å²) in [6.07, 6.45) is -4.75. The Hall–Kier alpha value is -2.93. The van der Waals surface area contributed by atoms with Crippen molar-refractivity contribution in [3.05, 3.63) is 66.7 Å². The average molecular weight is 396 g/mol. The minimum absolute atomic E-state index is 0. The first-order valence-corrected chi connectivity index (χ1v) is 7.75. The maximum absolute atomic E-state index is 12.4. The molecular formula is C19H17ClF3N3O. The maximum Gasteiger partial charge on any atom is 0.573 e. The van der Waals surface area contributed by atoms with E-state index in [0.717, 1.165) is 10.8 Å². The standard InChI is InChI=1S/C19H16F3N3O.ClH/c1-25(14-8-5-9-15(12-14)26-19(20,21)22)18(23)24-17-11-4-7-13-6-2-3-10-16(13)17;/h2-12H,1H3,(H2,23,24);1H. The Balaban J connectivity index is 0.00000261. The van der Waals surface area contributed by atoms with Gasteiger partial charge in [0, 0.05) is 24.2 Å². The molecule has 0 amide bonds. The Morgan fingerprint density at radius 3 is 2.41 bits per heavy atom. The van der Waals surface area contributed by atoms with Gasteiger partial charge in [-0.05, 0) is 23.6 Å². The number of fused-ring (bicyclic) bond motifs is 1. The van der Waals surface area contributed by atoms with Crippen LogP contribution in [0.3, 0.4) is 0 Å². The van der Waals surface area contributed by atoms with E-state index in [1.165, 1.54) is 23.1 Å². The summed E-state index contributed by atoms with van der Waals surface area (Å²) in [5.41, 5.74) is 7.16. The van der Waals surface area contributed by atoms with E-state index in [1.807, 2.05) is 42.5 Å². The van der Waals surface area contributed by atoms with E-state index in [1.54, 1.807) is 13.1 Å². The predicted octanol–water partition coefficient (Wildman–Crippen LogP) is 5.24. The molecule has 0 aliphatic heterocycles. The van der Waals surface area contributed by atoms with Crippen molar-refractivity contribution in [2.45, 2.75) is 6.36 Å². The lowest BCUT2D eigenvalue weighted by atomic mass is 10.1. The second kappa shape index (κ2) is 8.18. The van der Waals surface area contributed by atoms with Gasteiger partial charge >= 0.3 is 6.36 Å². The van der Waals surface area contributed by atoms with Crippen LogP contribution in [0.5, 0.6) is 5.75 Å². The molecular weight excluding hydrogens is 379 g/mol. The van der Waals surface area contributed by atoms with Crippen molar-refractivity contribution in [3.8, 4) is 5.75 Å². The van der Waals surface area contributed by atoms with Gasteiger partial charge in [0.1, 0.15) is 5.75 Å². The van der Waals surface area contributed by atoms with Gasteiger partial charge < -0.3 is 15.4 Å². The highest BCUT2D eigenvalue weighted by atomic mass is 35.5. The van der Waals surface area contributed by atoms with E-state index in [9.17, 15) is 13.2 Å². The number of aliphatic imine (C=N–C) groups is 1. The first kappa shape index (κ1) is 20.4. The lowest BCUT2D eigenvalue weighted by molar-refractivity contribution is -0.274. The molecule has 0 heterocycles. The Bertz CT molecular complexity index is 955. The fourth-order valence-corrected chi connectivity index (χ4v) is 2.53. The van der Waals surface area contributed by atoms with E-state index in [2.05, 4.69) is 9.73 Å². The van der Waals surface area contributed by atoms with Crippen LogP contribution in [0.25, 0.3) is 10.8 Å². The second-order valence-corrected chi connectivity index (χ2v) is 5.57. The van der Waals surface area contributed by atoms with E-state index in [0.29, 0.717) is 11.4 Å². The monoisotopic (exact) mass is 395 g/mol. The molecule has 0 unspecified atom stereocenters. The SMILES string of the molecule is CN(C(N)=Nc1cccc2ccccc12)c1cccc(OC(F)(F)F)c1.Cl. The number of alkyl halides is 3. The lowest BCUT2D eigenvalue weighted by Gasteiger charge is -2.19. The topological polar surface area (TPSA) is 50.8 Å². The van der Waals surface area contributed by atoms with Crippen LogP contribution < -0.4 is 15.4 Å². The van der Waals surface area contributed by atoms with Crippen LogP contribution in [-0.4, -0.2) is 19.4 Å². The third kappa shape index (κ3) is 5.04. The number of hydrogen-bond acceptors (Lipinski definition) is 2. The lowest BCUT2D eigenvalue weighted by Crippen LogP contribution is -2.33. The molecule has 0 aromatic heterocycles. The molecule has 142 valence electrons. The summed E-state index contributed by atoms with van der Waals surface area (Å²) in [4.78, 5) is 5.92. The van der Waals surface area contributed by atoms with Crippen LogP contribution in [0.2, 0.25) is 0 Å². The quantitative estimate of drug-likeness (QED) is 0.487. The summed E-state index contributed by atoms with van der Waals surface area (Å²) < 4.78 is 41.1. The number of ether oxygens (including phenoxy) is 1. The Morgan fingerprint density at radius 2 is 1.67 bits per heavy atom. The van der Waals surface area contributed by atoms with Gasteiger partial charge in [-0.2, -0.15) is 0 Å². The molecule has 3 aromatic rings. The fraction of sp³-hybridized carbons (Fsp3) is 0.105. The van der Waals surface area contributed by atoms with Crippen LogP contribution in [-0.2, 0) is 0 Å². The average Bonchev–Trinajstić information content (AvgIpc) is 2.60. The molecule has 27 heavy (non-hydrogen) atoms. The Kier molecular flexibility index (Phi) is 6.17. The molecule has 0 aliphatic rings. The molecule has 0 spiro atoms. The van der Waals surface area contributed by atoms with Gasteiger partial charge in [-0.25, -0.2) is 4.99 Å². The van der Waals surface area contributed by atoms with E-state index >= 15 is 0 Å². The smallest absolute Gasteiger partial charge is 0.406 e. The third-order valence-corrected chi connectivity index (χ3v) is 3.78. The zero-order chi connectivity index (χ0) is 18.7. The number of anilines is 1. The largest absolute Gasteiger partial charge is 0.573 e. The Labute approximate surface area is 160 Å². The number of nitrogens with zero attached hydrogens (tertiary/aromatic N) is 2. The summed E-state index contributed by atoms with van der Waals surface area (Å²) >= 11 is 0. The normalized spacial score (nSPS) is 11.8. The number of nitrogens with two attached hydrogens (primary N) is 1. The predicted molar refractivity (Wildman–Crippen MR) is 104 cm³/mol. The minimum atomic E-state index is -4.75. The van der Waals surface area contributed by atoms with Crippen molar-refractivity contribution in [2.24, 2.45) is 10.7 Å². The van der Waals surface area contributed by atoms with E-state index < -0.39 is 6.36 Å². The van der Waals surface area contributed by atoms with Gasteiger partial charge in [-0.15, -0.1) is 25.6 Å². The zero-order valence-corrected chi connectivity index (χ0v) is 15.1. The molecule has 0 aliphatic carbocycles. The van der Waals surface area contributed by atoms with Crippen LogP contribution >= 0.6 is 12.4 Å². The molecule has 4 nitrogen and oxygen atoms in total. The molecule has 0 saturated carbocycles. The van der Waals surface area contributed by atoms with E-state index in [4.69, 9.17) is 5.73 Å². The van der Waals surface area contributed by atoms with Crippen molar-refractivity contribution in [2.75, 3.05) is 11.9 Å². The number of guanidine groups is 1. The third-order valence-electron chi connectivity index (χ3n) is 3.78. The molecule has 8 heteroatoms. The fourth-order valence-electron chi connectivity index (χ4n) is 2.53. The Morgan fingerprint density at radius 1 is 1.00 bits per heavy atom. The summed E-state index contributed by atoms with van der Waals surface area (Å²) in [6, 6.07) is 18.9. The number of rotatable bonds is 3. The highest BCUT2D eigenvalue weighted by Crippen LogP contribution is 2.28. The number of hydrogen-bond donors (Lipinski definition) is 1. The van der Waals surface area contributed by atoms with Gasteiger partial charge in [-0.3, -0.25) is 0 Å². The van der Waals surface area contributed by atoms with Crippen LogP contribution in [0, 0.1) is 0 Å². The summed E-state index contributed by atoms with van der Waals surface area (Å²) in [5, 5.41) is 1.95.